The lowest BCUT2D eigenvalue weighted by Crippen LogP contribution is -2.12. The van der Waals surface area contributed by atoms with Gasteiger partial charge in [0.1, 0.15) is 0 Å². The number of hydrogen-bond donors (Lipinski definition) is 1. The normalized spacial score (nSPS) is 11.9. The Bertz CT molecular complexity index is 632. The van der Waals surface area contributed by atoms with Crippen molar-refractivity contribution in [3.8, 4) is 0 Å². The number of benzene rings is 2. The minimum absolute atomic E-state index is 0.0851. The molecule has 0 fully saturated rings. The van der Waals surface area contributed by atoms with Gasteiger partial charge in [-0.3, -0.25) is 9.59 Å². The van der Waals surface area contributed by atoms with E-state index in [0.717, 1.165) is 6.42 Å². The molecule has 3 nitrogen and oxygen atoms in total. The van der Waals surface area contributed by atoms with Crippen molar-refractivity contribution in [3.63, 3.8) is 0 Å². The third-order valence-electron chi connectivity index (χ3n) is 3.46. The summed E-state index contributed by atoms with van der Waals surface area (Å²) < 4.78 is 0. The number of carbonyl (C=O) groups is 2. The molecule has 1 N–H and O–H groups in total. The minimum Gasteiger partial charge on any atom is -0.481 e. The number of carbonyl (C=O) groups excluding carboxylic acids is 1. The van der Waals surface area contributed by atoms with Crippen LogP contribution < -0.4 is 0 Å². The van der Waals surface area contributed by atoms with E-state index in [1.165, 1.54) is 0 Å². The summed E-state index contributed by atoms with van der Waals surface area (Å²) in [6.45, 7) is 1.95. The highest BCUT2D eigenvalue weighted by Crippen LogP contribution is 2.23. The molecule has 108 valence electrons. The first-order valence-electron chi connectivity index (χ1n) is 7.06. The van der Waals surface area contributed by atoms with Crippen molar-refractivity contribution in [2.75, 3.05) is 0 Å². The van der Waals surface area contributed by atoms with Crippen molar-refractivity contribution in [1.82, 2.24) is 0 Å². The van der Waals surface area contributed by atoms with Crippen molar-refractivity contribution in [2.24, 2.45) is 0 Å². The third kappa shape index (κ3) is 3.57. The average molecular weight is 282 g/mol. The SMILES string of the molecule is CCCC(C(=O)O)c1cccc(C(=O)c2ccccc2)c1. The van der Waals surface area contributed by atoms with Crippen LogP contribution >= 0.6 is 0 Å². The maximum absolute atomic E-state index is 12.4. The van der Waals surface area contributed by atoms with Crippen LogP contribution in [0.25, 0.3) is 0 Å². The van der Waals surface area contributed by atoms with Crippen LogP contribution in [-0.4, -0.2) is 16.9 Å². The molecule has 2 rings (SSSR count). The minimum atomic E-state index is -0.846. The second-order valence-corrected chi connectivity index (χ2v) is 5.00. The van der Waals surface area contributed by atoms with E-state index < -0.39 is 11.9 Å². The van der Waals surface area contributed by atoms with Gasteiger partial charge in [0.25, 0.3) is 0 Å². The number of rotatable bonds is 6. The van der Waals surface area contributed by atoms with E-state index in [1.54, 1.807) is 36.4 Å². The van der Waals surface area contributed by atoms with E-state index in [2.05, 4.69) is 0 Å². The standard InChI is InChI=1S/C18H18O3/c1-2-7-16(18(20)21)14-10-6-11-15(12-14)17(19)13-8-4-3-5-9-13/h3-6,8-12,16H,2,7H2,1H3,(H,20,21). The zero-order chi connectivity index (χ0) is 15.2. The molecule has 1 unspecified atom stereocenters. The molecule has 0 saturated heterocycles. The summed E-state index contributed by atoms with van der Waals surface area (Å²) in [5, 5.41) is 9.32. The molecular weight excluding hydrogens is 264 g/mol. The first-order chi connectivity index (χ1) is 10.1. The Morgan fingerprint density at radius 3 is 2.29 bits per heavy atom. The lowest BCUT2D eigenvalue weighted by atomic mass is 9.92. The highest BCUT2D eigenvalue weighted by Gasteiger charge is 2.20. The summed E-state index contributed by atoms with van der Waals surface area (Å²) in [7, 11) is 0. The highest BCUT2D eigenvalue weighted by molar-refractivity contribution is 6.09. The fourth-order valence-electron chi connectivity index (χ4n) is 2.37. The van der Waals surface area contributed by atoms with Crippen molar-refractivity contribution in [3.05, 3.63) is 71.3 Å². The molecule has 0 bridgehead atoms. The molecule has 2 aromatic carbocycles. The molecule has 0 aromatic heterocycles. The van der Waals surface area contributed by atoms with Crippen molar-refractivity contribution in [2.45, 2.75) is 25.7 Å². The Hall–Kier alpha value is -2.42. The van der Waals surface area contributed by atoms with Gasteiger partial charge < -0.3 is 5.11 Å². The van der Waals surface area contributed by atoms with Gasteiger partial charge >= 0.3 is 5.97 Å². The molecule has 0 radical (unpaired) electrons. The van der Waals surface area contributed by atoms with Gasteiger partial charge in [-0.1, -0.05) is 61.9 Å². The van der Waals surface area contributed by atoms with Crippen LogP contribution in [-0.2, 0) is 4.79 Å². The van der Waals surface area contributed by atoms with Gasteiger partial charge in [-0.05, 0) is 18.1 Å². The quantitative estimate of drug-likeness (QED) is 0.818. The van der Waals surface area contributed by atoms with Gasteiger partial charge in [0.05, 0.1) is 5.92 Å². The highest BCUT2D eigenvalue weighted by atomic mass is 16.4. The largest absolute Gasteiger partial charge is 0.481 e. The van der Waals surface area contributed by atoms with Crippen LogP contribution in [0.3, 0.4) is 0 Å². The van der Waals surface area contributed by atoms with E-state index in [-0.39, 0.29) is 5.78 Å². The molecule has 3 heteroatoms. The second kappa shape index (κ2) is 6.84. The number of ketones is 1. The van der Waals surface area contributed by atoms with E-state index in [0.29, 0.717) is 23.1 Å². The Balaban J connectivity index is 2.33. The zero-order valence-electron chi connectivity index (χ0n) is 12.0. The van der Waals surface area contributed by atoms with Crippen molar-refractivity contribution in [1.29, 1.82) is 0 Å². The van der Waals surface area contributed by atoms with Gasteiger partial charge in [0.2, 0.25) is 0 Å². The maximum atomic E-state index is 12.4. The van der Waals surface area contributed by atoms with Gasteiger partial charge in [-0.15, -0.1) is 0 Å². The molecule has 0 spiro atoms. The van der Waals surface area contributed by atoms with E-state index in [9.17, 15) is 14.7 Å². The second-order valence-electron chi connectivity index (χ2n) is 5.00. The summed E-state index contributed by atoms with van der Waals surface area (Å²) in [6.07, 6.45) is 1.35. The van der Waals surface area contributed by atoms with E-state index in [1.807, 2.05) is 25.1 Å². The summed E-state index contributed by atoms with van der Waals surface area (Å²) in [6, 6.07) is 15.9. The monoisotopic (exact) mass is 282 g/mol. The fourth-order valence-corrected chi connectivity index (χ4v) is 2.37. The van der Waals surface area contributed by atoms with Gasteiger partial charge in [0, 0.05) is 11.1 Å². The van der Waals surface area contributed by atoms with Crippen molar-refractivity contribution >= 4 is 11.8 Å². The summed E-state index contributed by atoms with van der Waals surface area (Å²) in [5.41, 5.74) is 1.82. The van der Waals surface area contributed by atoms with Crippen LogP contribution in [0.2, 0.25) is 0 Å². The Morgan fingerprint density at radius 1 is 1.00 bits per heavy atom. The van der Waals surface area contributed by atoms with Gasteiger partial charge in [-0.2, -0.15) is 0 Å². The van der Waals surface area contributed by atoms with Crippen LogP contribution in [0.4, 0.5) is 0 Å². The molecule has 0 aliphatic heterocycles. The topological polar surface area (TPSA) is 54.4 Å². The molecule has 0 heterocycles. The molecule has 2 aromatic rings. The number of carboxylic acid groups (broad SMARTS) is 1. The number of hydrogen-bond acceptors (Lipinski definition) is 2. The first-order valence-corrected chi connectivity index (χ1v) is 7.06. The molecule has 0 saturated carbocycles. The van der Waals surface area contributed by atoms with Crippen LogP contribution in [0.1, 0.15) is 47.2 Å². The van der Waals surface area contributed by atoms with Crippen molar-refractivity contribution < 1.29 is 14.7 Å². The lowest BCUT2D eigenvalue weighted by molar-refractivity contribution is -0.139. The molecule has 0 aliphatic rings. The Kier molecular flexibility index (Phi) is 4.88. The molecular formula is C18H18O3. The predicted octanol–water partition coefficient (Wildman–Crippen LogP) is 3.89. The maximum Gasteiger partial charge on any atom is 0.310 e. The van der Waals surface area contributed by atoms with E-state index >= 15 is 0 Å². The molecule has 1 atom stereocenters. The zero-order valence-corrected chi connectivity index (χ0v) is 12.0. The van der Waals surface area contributed by atoms with Gasteiger partial charge in [0.15, 0.2) is 5.78 Å². The summed E-state index contributed by atoms with van der Waals surface area (Å²) in [5.74, 6) is -1.49. The fraction of sp³-hybridized carbons (Fsp3) is 0.222. The Morgan fingerprint density at radius 2 is 1.67 bits per heavy atom. The number of carboxylic acids is 1. The Labute approximate surface area is 124 Å². The summed E-state index contributed by atoms with van der Waals surface area (Å²) in [4.78, 5) is 23.8. The van der Waals surface area contributed by atoms with Crippen LogP contribution in [0.15, 0.2) is 54.6 Å². The van der Waals surface area contributed by atoms with Crippen LogP contribution in [0, 0.1) is 0 Å². The molecule has 0 aliphatic carbocycles. The summed E-state index contributed by atoms with van der Waals surface area (Å²) >= 11 is 0. The van der Waals surface area contributed by atoms with Gasteiger partial charge in [-0.25, -0.2) is 0 Å². The van der Waals surface area contributed by atoms with Crippen LogP contribution in [0.5, 0.6) is 0 Å². The molecule has 0 amide bonds. The van der Waals surface area contributed by atoms with E-state index in [4.69, 9.17) is 0 Å². The lowest BCUT2D eigenvalue weighted by Gasteiger charge is -2.12. The molecule has 21 heavy (non-hydrogen) atoms. The average Bonchev–Trinajstić information content (AvgIpc) is 2.52. The smallest absolute Gasteiger partial charge is 0.310 e. The predicted molar refractivity (Wildman–Crippen MR) is 81.6 cm³/mol. The first kappa shape index (κ1) is 15.0. The third-order valence-corrected chi connectivity index (χ3v) is 3.46. The number of aliphatic carboxylic acids is 1.